The number of hydrogen-bond acceptors (Lipinski definition) is 4. The number of carbonyl (C=O) groups excluding carboxylic acids is 1. The van der Waals surface area contributed by atoms with Crippen molar-refractivity contribution in [3.63, 3.8) is 0 Å². The number of thiazole rings is 1. The summed E-state index contributed by atoms with van der Waals surface area (Å²) in [7, 11) is 0. The van der Waals surface area contributed by atoms with E-state index in [1.165, 1.54) is 23.6 Å². The number of anilines is 1. The SMILES string of the molecule is O=C(Nc1nc(-c2ccccc2C(F)(F)F)cs1)C1CCCNC1. The first-order valence-corrected chi connectivity index (χ1v) is 8.47. The van der Waals surface area contributed by atoms with E-state index in [1.54, 1.807) is 0 Å². The van der Waals surface area contributed by atoms with Crippen molar-refractivity contribution in [2.45, 2.75) is 19.0 Å². The van der Waals surface area contributed by atoms with Crippen LogP contribution in [-0.2, 0) is 11.0 Å². The van der Waals surface area contributed by atoms with Gasteiger partial charge in [0.2, 0.25) is 5.91 Å². The molecule has 0 aliphatic carbocycles. The zero-order valence-corrected chi connectivity index (χ0v) is 13.5. The average Bonchev–Trinajstić information content (AvgIpc) is 3.03. The van der Waals surface area contributed by atoms with Gasteiger partial charge in [-0.15, -0.1) is 11.3 Å². The molecular formula is C16H16F3N3OS. The standard InChI is InChI=1S/C16H16F3N3OS/c17-16(18,19)12-6-2-1-5-11(12)13-9-24-15(21-13)22-14(23)10-4-3-7-20-8-10/h1-2,5-6,9-10,20H,3-4,7-8H2,(H,21,22,23). The third-order valence-electron chi connectivity index (χ3n) is 3.91. The van der Waals surface area contributed by atoms with Gasteiger partial charge in [-0.2, -0.15) is 13.2 Å². The monoisotopic (exact) mass is 355 g/mol. The first kappa shape index (κ1) is 16.9. The Bertz CT molecular complexity index is 723. The highest BCUT2D eigenvalue weighted by Crippen LogP contribution is 2.37. The maximum absolute atomic E-state index is 13.1. The second kappa shape index (κ2) is 6.90. The summed E-state index contributed by atoms with van der Waals surface area (Å²) in [6.45, 7) is 1.51. The molecule has 2 heterocycles. The van der Waals surface area contributed by atoms with Crippen molar-refractivity contribution in [1.82, 2.24) is 10.3 Å². The summed E-state index contributed by atoms with van der Waals surface area (Å²) >= 11 is 1.13. The minimum atomic E-state index is -4.45. The number of aromatic nitrogens is 1. The van der Waals surface area contributed by atoms with Gasteiger partial charge < -0.3 is 10.6 Å². The van der Waals surface area contributed by atoms with Crippen LogP contribution in [0.3, 0.4) is 0 Å². The molecule has 1 aliphatic rings. The molecule has 1 aliphatic heterocycles. The van der Waals surface area contributed by atoms with Gasteiger partial charge in [0.15, 0.2) is 5.13 Å². The fourth-order valence-corrected chi connectivity index (χ4v) is 3.41. The molecule has 1 fully saturated rings. The molecule has 1 unspecified atom stereocenters. The van der Waals surface area contributed by atoms with Crippen LogP contribution in [0.5, 0.6) is 0 Å². The third-order valence-corrected chi connectivity index (χ3v) is 4.67. The number of nitrogens with one attached hydrogen (secondary N) is 2. The lowest BCUT2D eigenvalue weighted by Gasteiger charge is -2.21. The highest BCUT2D eigenvalue weighted by molar-refractivity contribution is 7.14. The van der Waals surface area contributed by atoms with Gasteiger partial charge >= 0.3 is 6.18 Å². The van der Waals surface area contributed by atoms with Gasteiger partial charge in [0.1, 0.15) is 0 Å². The van der Waals surface area contributed by atoms with Gasteiger partial charge in [-0.05, 0) is 25.5 Å². The number of benzene rings is 1. The summed E-state index contributed by atoms with van der Waals surface area (Å²) < 4.78 is 39.3. The summed E-state index contributed by atoms with van der Waals surface area (Å²) in [5.74, 6) is -0.277. The Morgan fingerprint density at radius 2 is 2.12 bits per heavy atom. The van der Waals surface area contributed by atoms with E-state index in [0.717, 1.165) is 36.8 Å². The molecule has 0 radical (unpaired) electrons. The molecule has 8 heteroatoms. The number of alkyl halides is 3. The lowest BCUT2D eigenvalue weighted by atomic mass is 9.99. The molecule has 2 aromatic rings. The molecule has 24 heavy (non-hydrogen) atoms. The molecule has 128 valence electrons. The van der Waals surface area contributed by atoms with Crippen LogP contribution in [0.25, 0.3) is 11.3 Å². The number of piperidine rings is 1. The van der Waals surface area contributed by atoms with Crippen LogP contribution >= 0.6 is 11.3 Å². The Labute approximate surface area is 141 Å². The Morgan fingerprint density at radius 3 is 2.83 bits per heavy atom. The average molecular weight is 355 g/mol. The Balaban J connectivity index is 1.78. The quantitative estimate of drug-likeness (QED) is 0.881. The van der Waals surface area contributed by atoms with E-state index < -0.39 is 11.7 Å². The van der Waals surface area contributed by atoms with Crippen LogP contribution in [0, 0.1) is 5.92 Å². The van der Waals surface area contributed by atoms with Crippen molar-refractivity contribution in [2.24, 2.45) is 5.92 Å². The topological polar surface area (TPSA) is 54.0 Å². The molecule has 2 N–H and O–H groups in total. The molecule has 0 saturated carbocycles. The van der Waals surface area contributed by atoms with Crippen LogP contribution in [0.15, 0.2) is 29.6 Å². The molecule has 0 bridgehead atoms. The first-order chi connectivity index (χ1) is 11.4. The summed E-state index contributed by atoms with van der Waals surface area (Å²) in [5.41, 5.74) is -0.504. The van der Waals surface area contributed by atoms with Gasteiger partial charge in [0.05, 0.1) is 17.2 Å². The van der Waals surface area contributed by atoms with Crippen molar-refractivity contribution >= 4 is 22.4 Å². The second-order valence-corrected chi connectivity index (χ2v) is 6.47. The molecule has 1 amide bonds. The molecule has 4 nitrogen and oxygen atoms in total. The van der Waals surface area contributed by atoms with Crippen LogP contribution in [0.2, 0.25) is 0 Å². The van der Waals surface area contributed by atoms with Crippen molar-refractivity contribution in [3.8, 4) is 11.3 Å². The van der Waals surface area contributed by atoms with Gasteiger partial charge in [0, 0.05) is 17.5 Å². The molecule has 1 saturated heterocycles. The van der Waals surface area contributed by atoms with E-state index in [-0.39, 0.29) is 23.1 Å². The van der Waals surface area contributed by atoms with E-state index in [1.807, 2.05) is 0 Å². The van der Waals surface area contributed by atoms with Crippen LogP contribution in [-0.4, -0.2) is 24.0 Å². The minimum Gasteiger partial charge on any atom is -0.316 e. The Kier molecular flexibility index (Phi) is 4.86. The van der Waals surface area contributed by atoms with Crippen LogP contribution in [0.1, 0.15) is 18.4 Å². The zero-order valence-electron chi connectivity index (χ0n) is 12.7. The Hall–Kier alpha value is -1.93. The molecule has 0 spiro atoms. The predicted molar refractivity (Wildman–Crippen MR) is 86.8 cm³/mol. The highest BCUT2D eigenvalue weighted by Gasteiger charge is 2.34. The molecular weight excluding hydrogens is 339 g/mol. The van der Waals surface area contributed by atoms with Crippen molar-refractivity contribution in [2.75, 3.05) is 18.4 Å². The van der Waals surface area contributed by atoms with Crippen LogP contribution < -0.4 is 10.6 Å². The third kappa shape index (κ3) is 3.76. The van der Waals surface area contributed by atoms with Crippen molar-refractivity contribution in [3.05, 3.63) is 35.2 Å². The van der Waals surface area contributed by atoms with Gasteiger partial charge in [-0.3, -0.25) is 4.79 Å². The van der Waals surface area contributed by atoms with Gasteiger partial charge in [0.25, 0.3) is 0 Å². The number of carbonyl (C=O) groups is 1. The summed E-state index contributed by atoms with van der Waals surface area (Å²) in [4.78, 5) is 16.3. The van der Waals surface area contributed by atoms with Crippen LogP contribution in [0.4, 0.5) is 18.3 Å². The fraction of sp³-hybridized carbons (Fsp3) is 0.375. The summed E-state index contributed by atoms with van der Waals surface area (Å²) in [5, 5.41) is 7.71. The predicted octanol–water partition coefficient (Wildman–Crippen LogP) is 3.77. The Morgan fingerprint density at radius 1 is 1.33 bits per heavy atom. The van der Waals surface area contributed by atoms with Crippen molar-refractivity contribution in [1.29, 1.82) is 0 Å². The second-order valence-electron chi connectivity index (χ2n) is 5.61. The smallest absolute Gasteiger partial charge is 0.316 e. The number of amides is 1. The molecule has 1 aromatic heterocycles. The fourth-order valence-electron chi connectivity index (χ4n) is 2.69. The molecule has 1 atom stereocenters. The van der Waals surface area contributed by atoms with E-state index >= 15 is 0 Å². The lowest BCUT2D eigenvalue weighted by molar-refractivity contribution is -0.137. The molecule has 3 rings (SSSR count). The lowest BCUT2D eigenvalue weighted by Crippen LogP contribution is -2.37. The number of halogens is 3. The maximum Gasteiger partial charge on any atom is 0.417 e. The summed E-state index contributed by atoms with van der Waals surface area (Å²) in [6, 6.07) is 5.29. The van der Waals surface area contributed by atoms with Crippen molar-refractivity contribution < 1.29 is 18.0 Å². The largest absolute Gasteiger partial charge is 0.417 e. The van der Waals surface area contributed by atoms with E-state index in [2.05, 4.69) is 15.6 Å². The van der Waals surface area contributed by atoms with E-state index in [9.17, 15) is 18.0 Å². The number of nitrogens with zero attached hydrogens (tertiary/aromatic N) is 1. The maximum atomic E-state index is 13.1. The number of rotatable bonds is 3. The highest BCUT2D eigenvalue weighted by atomic mass is 32.1. The first-order valence-electron chi connectivity index (χ1n) is 7.59. The minimum absolute atomic E-state index is 0.0149. The molecule has 1 aromatic carbocycles. The zero-order chi connectivity index (χ0) is 17.2. The number of hydrogen-bond donors (Lipinski definition) is 2. The van der Waals surface area contributed by atoms with E-state index in [0.29, 0.717) is 11.7 Å². The van der Waals surface area contributed by atoms with E-state index in [4.69, 9.17) is 0 Å². The van der Waals surface area contributed by atoms with Gasteiger partial charge in [-0.25, -0.2) is 4.98 Å². The normalized spacial score (nSPS) is 18.4. The van der Waals surface area contributed by atoms with Gasteiger partial charge in [-0.1, -0.05) is 18.2 Å². The summed E-state index contributed by atoms with van der Waals surface area (Å²) in [6.07, 6.45) is -2.72.